The van der Waals surface area contributed by atoms with Crippen molar-refractivity contribution in [1.82, 2.24) is 9.55 Å². The largest absolute Gasteiger partial charge is 0.477 e. The van der Waals surface area contributed by atoms with Crippen LogP contribution in [0.1, 0.15) is 16.3 Å². The Morgan fingerprint density at radius 3 is 3.27 bits per heavy atom. The summed E-state index contributed by atoms with van der Waals surface area (Å²) in [7, 11) is 0. The van der Waals surface area contributed by atoms with Crippen LogP contribution in [0.15, 0.2) is 12.3 Å². The van der Waals surface area contributed by atoms with Crippen molar-refractivity contribution in [1.29, 1.82) is 0 Å². The van der Waals surface area contributed by atoms with Crippen LogP contribution in [-0.4, -0.2) is 20.6 Å². The van der Waals surface area contributed by atoms with E-state index in [1.807, 2.05) is 12.2 Å². The van der Waals surface area contributed by atoms with Crippen LogP contribution in [0.4, 0.5) is 0 Å². The molecule has 56 valence electrons. The summed E-state index contributed by atoms with van der Waals surface area (Å²) >= 11 is 0. The molecule has 11 heavy (non-hydrogen) atoms. The fourth-order valence-electron chi connectivity index (χ4n) is 1.15. The van der Waals surface area contributed by atoms with Gasteiger partial charge in [-0.2, -0.15) is 0 Å². The van der Waals surface area contributed by atoms with Crippen LogP contribution in [0.25, 0.3) is 6.08 Å². The Hall–Kier alpha value is -1.58. The highest BCUT2D eigenvalue weighted by molar-refractivity contribution is 5.86. The summed E-state index contributed by atoms with van der Waals surface area (Å²) in [5, 5.41) is 8.65. The van der Waals surface area contributed by atoms with E-state index in [0.717, 1.165) is 5.82 Å². The molecule has 4 nitrogen and oxygen atoms in total. The van der Waals surface area contributed by atoms with Crippen LogP contribution in [-0.2, 0) is 6.54 Å². The molecule has 2 heterocycles. The van der Waals surface area contributed by atoms with Gasteiger partial charge in [-0.05, 0) is 6.08 Å². The summed E-state index contributed by atoms with van der Waals surface area (Å²) in [5.41, 5.74) is 0.255. The molecular formula is C7H6N2O2. The van der Waals surface area contributed by atoms with Gasteiger partial charge in [-0.15, -0.1) is 0 Å². The van der Waals surface area contributed by atoms with E-state index in [4.69, 9.17) is 5.11 Å². The molecule has 4 heteroatoms. The monoisotopic (exact) mass is 150 g/mol. The third-order valence-electron chi connectivity index (χ3n) is 1.66. The van der Waals surface area contributed by atoms with Gasteiger partial charge in [-0.3, -0.25) is 0 Å². The minimum absolute atomic E-state index is 0.255. The first-order valence-corrected chi connectivity index (χ1v) is 3.24. The van der Waals surface area contributed by atoms with Crippen LogP contribution in [0.3, 0.4) is 0 Å². The summed E-state index contributed by atoms with van der Waals surface area (Å²) < 4.78 is 1.66. The van der Waals surface area contributed by atoms with Crippen molar-refractivity contribution in [2.24, 2.45) is 0 Å². The van der Waals surface area contributed by atoms with Gasteiger partial charge >= 0.3 is 5.97 Å². The topological polar surface area (TPSA) is 55.1 Å². The molecule has 0 radical (unpaired) electrons. The normalized spacial score (nSPS) is 13.5. The lowest BCUT2D eigenvalue weighted by molar-refractivity contribution is 0.0686. The maximum atomic E-state index is 10.5. The Morgan fingerprint density at radius 2 is 2.55 bits per heavy atom. The number of fused-ring (bicyclic) bond motifs is 1. The first kappa shape index (κ1) is 6.15. The predicted molar refractivity (Wildman–Crippen MR) is 38.2 cm³/mol. The summed E-state index contributed by atoms with van der Waals surface area (Å²) in [6, 6.07) is 0. The van der Waals surface area contributed by atoms with Gasteiger partial charge in [0.15, 0.2) is 0 Å². The number of imidazole rings is 1. The summed E-state index contributed by atoms with van der Waals surface area (Å²) in [6.45, 7) is 0.622. The predicted octanol–water partition coefficient (Wildman–Crippen LogP) is 0.608. The van der Waals surface area contributed by atoms with E-state index >= 15 is 0 Å². The average molecular weight is 150 g/mol. The van der Waals surface area contributed by atoms with Crippen molar-refractivity contribution in [2.45, 2.75) is 6.54 Å². The second-order valence-electron chi connectivity index (χ2n) is 2.32. The van der Waals surface area contributed by atoms with E-state index in [0.29, 0.717) is 6.54 Å². The summed E-state index contributed by atoms with van der Waals surface area (Å²) in [5.74, 6) is -0.199. The number of carboxylic acids is 1. The van der Waals surface area contributed by atoms with E-state index in [1.54, 1.807) is 4.57 Å². The van der Waals surface area contributed by atoms with E-state index in [1.165, 1.54) is 6.20 Å². The third kappa shape index (κ3) is 0.756. The fourth-order valence-corrected chi connectivity index (χ4v) is 1.15. The Labute approximate surface area is 62.8 Å². The Balaban J connectivity index is 2.55. The van der Waals surface area contributed by atoms with Gasteiger partial charge in [-0.25, -0.2) is 9.78 Å². The number of carboxylic acid groups (broad SMARTS) is 1. The van der Waals surface area contributed by atoms with Crippen molar-refractivity contribution in [3.8, 4) is 0 Å². The Morgan fingerprint density at radius 1 is 1.73 bits per heavy atom. The Bertz CT molecular complexity index is 338. The van der Waals surface area contributed by atoms with Crippen LogP contribution < -0.4 is 0 Å². The number of aromatic nitrogens is 2. The molecule has 0 spiro atoms. The van der Waals surface area contributed by atoms with Gasteiger partial charge in [0.1, 0.15) is 11.5 Å². The lowest BCUT2D eigenvalue weighted by Gasteiger charge is -1.97. The molecule has 0 amide bonds. The molecule has 1 aromatic heterocycles. The number of carbonyl (C=O) groups is 1. The Kier molecular flexibility index (Phi) is 1.09. The van der Waals surface area contributed by atoms with Crippen molar-refractivity contribution >= 4 is 12.0 Å². The first-order valence-electron chi connectivity index (χ1n) is 3.24. The van der Waals surface area contributed by atoms with Crippen LogP contribution in [0.5, 0.6) is 0 Å². The number of rotatable bonds is 1. The number of aromatic carboxylic acids is 1. The second-order valence-corrected chi connectivity index (χ2v) is 2.32. The fraction of sp³-hybridized carbons (Fsp3) is 0.143. The molecule has 0 unspecified atom stereocenters. The molecule has 1 aliphatic heterocycles. The minimum atomic E-state index is -0.924. The lowest BCUT2D eigenvalue weighted by Crippen LogP contribution is -2.06. The molecule has 0 saturated heterocycles. The maximum absolute atomic E-state index is 10.5. The SMILES string of the molecule is O=C(O)c1cnc2n1CC=C2. The second kappa shape index (κ2) is 1.95. The van der Waals surface area contributed by atoms with Crippen molar-refractivity contribution in [3.63, 3.8) is 0 Å². The molecule has 2 rings (SSSR count). The van der Waals surface area contributed by atoms with Crippen molar-refractivity contribution in [3.05, 3.63) is 23.8 Å². The highest BCUT2D eigenvalue weighted by Crippen LogP contribution is 2.12. The standard InChI is InChI=1S/C7H6N2O2/c10-7(11)5-4-8-6-2-1-3-9(5)6/h1-2,4H,3H2,(H,10,11). The van der Waals surface area contributed by atoms with E-state index in [2.05, 4.69) is 4.98 Å². The highest BCUT2D eigenvalue weighted by Gasteiger charge is 2.15. The molecular weight excluding hydrogens is 144 g/mol. The smallest absolute Gasteiger partial charge is 0.354 e. The minimum Gasteiger partial charge on any atom is -0.477 e. The molecule has 0 saturated carbocycles. The van der Waals surface area contributed by atoms with Gasteiger partial charge < -0.3 is 9.67 Å². The number of hydrogen-bond acceptors (Lipinski definition) is 2. The van der Waals surface area contributed by atoms with Gasteiger partial charge in [0.25, 0.3) is 0 Å². The van der Waals surface area contributed by atoms with Gasteiger partial charge in [0.05, 0.1) is 6.20 Å². The molecule has 0 bridgehead atoms. The molecule has 0 aliphatic carbocycles. The van der Waals surface area contributed by atoms with Gasteiger partial charge in [-0.1, -0.05) is 6.08 Å². The third-order valence-corrected chi connectivity index (χ3v) is 1.66. The lowest BCUT2D eigenvalue weighted by atomic mass is 10.5. The summed E-state index contributed by atoms with van der Waals surface area (Å²) in [6.07, 6.45) is 5.07. The van der Waals surface area contributed by atoms with Crippen LogP contribution in [0, 0.1) is 0 Å². The molecule has 1 aromatic rings. The number of nitrogens with zero attached hydrogens (tertiary/aromatic N) is 2. The van der Waals surface area contributed by atoms with E-state index < -0.39 is 5.97 Å². The molecule has 0 atom stereocenters. The zero-order chi connectivity index (χ0) is 7.84. The van der Waals surface area contributed by atoms with E-state index in [9.17, 15) is 4.79 Å². The molecule has 1 aliphatic rings. The van der Waals surface area contributed by atoms with Gasteiger partial charge in [0, 0.05) is 6.54 Å². The zero-order valence-electron chi connectivity index (χ0n) is 5.69. The van der Waals surface area contributed by atoms with Crippen molar-refractivity contribution in [2.75, 3.05) is 0 Å². The average Bonchev–Trinajstić information content (AvgIpc) is 2.41. The number of hydrogen-bond donors (Lipinski definition) is 1. The first-order chi connectivity index (χ1) is 5.29. The maximum Gasteiger partial charge on any atom is 0.354 e. The molecule has 0 aromatic carbocycles. The molecule has 0 fully saturated rings. The van der Waals surface area contributed by atoms with Crippen LogP contribution >= 0.6 is 0 Å². The van der Waals surface area contributed by atoms with Gasteiger partial charge in [0.2, 0.25) is 0 Å². The zero-order valence-corrected chi connectivity index (χ0v) is 5.69. The van der Waals surface area contributed by atoms with Crippen molar-refractivity contribution < 1.29 is 9.90 Å². The van der Waals surface area contributed by atoms with E-state index in [-0.39, 0.29) is 5.69 Å². The number of allylic oxidation sites excluding steroid dienone is 1. The summed E-state index contributed by atoms with van der Waals surface area (Å²) in [4.78, 5) is 14.4. The van der Waals surface area contributed by atoms with Crippen LogP contribution in [0.2, 0.25) is 0 Å². The quantitative estimate of drug-likeness (QED) is 0.638. The highest BCUT2D eigenvalue weighted by atomic mass is 16.4. The molecule has 1 N–H and O–H groups in total.